The summed E-state index contributed by atoms with van der Waals surface area (Å²) in [5.41, 5.74) is 0.920. The van der Waals surface area contributed by atoms with Crippen molar-refractivity contribution in [2.24, 2.45) is 0 Å². The molecule has 8 heteroatoms. The molecule has 1 aromatic rings. The lowest BCUT2D eigenvalue weighted by Crippen LogP contribution is -2.39. The smallest absolute Gasteiger partial charge is 0.269 e. The van der Waals surface area contributed by atoms with Crippen LogP contribution >= 0.6 is 12.4 Å². The molecule has 0 aromatic heterocycles. The molecule has 0 saturated carbocycles. The number of benzene rings is 1. The maximum absolute atomic E-state index is 12.4. The van der Waals surface area contributed by atoms with Crippen LogP contribution in [0.4, 0.5) is 11.4 Å². The van der Waals surface area contributed by atoms with Crippen molar-refractivity contribution in [2.75, 3.05) is 25.0 Å². The second-order valence-corrected chi connectivity index (χ2v) is 6.60. The van der Waals surface area contributed by atoms with Crippen molar-refractivity contribution < 1.29 is 9.72 Å². The number of nitrogens with one attached hydrogen (secondary N) is 2. The highest BCUT2D eigenvalue weighted by Crippen LogP contribution is 2.21. The van der Waals surface area contributed by atoms with E-state index in [2.05, 4.69) is 10.6 Å². The van der Waals surface area contributed by atoms with Crippen molar-refractivity contribution in [2.45, 2.75) is 44.2 Å². The van der Waals surface area contributed by atoms with Crippen LogP contribution in [0.3, 0.4) is 0 Å². The highest BCUT2D eigenvalue weighted by atomic mass is 35.5. The van der Waals surface area contributed by atoms with Crippen molar-refractivity contribution in [3.63, 3.8) is 0 Å². The lowest BCUT2D eigenvalue weighted by atomic mass is 10.1. The third kappa shape index (κ3) is 5.31. The van der Waals surface area contributed by atoms with E-state index >= 15 is 0 Å². The number of hydrogen-bond acceptors (Lipinski definition) is 5. The number of hydrogen-bond donors (Lipinski definition) is 2. The van der Waals surface area contributed by atoms with Crippen LogP contribution in [0.15, 0.2) is 24.3 Å². The minimum Gasteiger partial charge on any atom is -0.385 e. The summed E-state index contributed by atoms with van der Waals surface area (Å²) < 4.78 is 0. The Morgan fingerprint density at radius 2 is 1.96 bits per heavy atom. The molecule has 25 heavy (non-hydrogen) atoms. The number of non-ortho nitro benzene ring substituents is 1. The fraction of sp³-hybridized carbons (Fsp3) is 0.588. The number of nitro benzene ring substituents is 1. The highest BCUT2D eigenvalue weighted by molar-refractivity contribution is 5.85. The number of halogens is 1. The number of amides is 1. The molecule has 2 bridgehead atoms. The lowest BCUT2D eigenvalue weighted by molar-refractivity contribution is -0.384. The van der Waals surface area contributed by atoms with Crippen LogP contribution < -0.4 is 10.6 Å². The number of carbonyl (C=O) groups excluding carboxylic acids is 1. The Kier molecular flexibility index (Phi) is 7.01. The predicted molar refractivity (Wildman–Crippen MR) is 99.2 cm³/mol. The normalized spacial score (nSPS) is 22.0. The van der Waals surface area contributed by atoms with Crippen LogP contribution in [0.5, 0.6) is 0 Å². The second kappa shape index (κ2) is 9.01. The summed E-state index contributed by atoms with van der Waals surface area (Å²) in [6.07, 6.45) is 4.77. The first-order chi connectivity index (χ1) is 11.6. The van der Waals surface area contributed by atoms with Gasteiger partial charge in [-0.15, -0.1) is 12.4 Å². The first-order valence-electron chi connectivity index (χ1n) is 8.64. The average molecular weight is 369 g/mol. The van der Waals surface area contributed by atoms with Crippen LogP contribution in [-0.2, 0) is 4.79 Å². The van der Waals surface area contributed by atoms with Crippen molar-refractivity contribution in [1.82, 2.24) is 10.2 Å². The fourth-order valence-corrected chi connectivity index (χ4v) is 3.50. The fourth-order valence-electron chi connectivity index (χ4n) is 3.50. The van der Waals surface area contributed by atoms with Gasteiger partial charge in [0, 0.05) is 56.0 Å². The van der Waals surface area contributed by atoms with Gasteiger partial charge in [-0.25, -0.2) is 0 Å². The summed E-state index contributed by atoms with van der Waals surface area (Å²) in [5.74, 6) is 0.231. The molecule has 2 aliphatic heterocycles. The van der Waals surface area contributed by atoms with E-state index in [1.807, 2.05) is 4.90 Å². The molecule has 0 aliphatic carbocycles. The Morgan fingerprint density at radius 3 is 2.68 bits per heavy atom. The predicted octanol–water partition coefficient (Wildman–Crippen LogP) is 2.56. The van der Waals surface area contributed by atoms with Crippen molar-refractivity contribution in [1.29, 1.82) is 0 Å². The first-order valence-corrected chi connectivity index (χ1v) is 8.64. The summed E-state index contributed by atoms with van der Waals surface area (Å²) in [5, 5.41) is 17.4. The van der Waals surface area contributed by atoms with E-state index < -0.39 is 4.92 Å². The van der Waals surface area contributed by atoms with Gasteiger partial charge in [-0.05, 0) is 37.8 Å². The van der Waals surface area contributed by atoms with E-state index in [0.717, 1.165) is 31.6 Å². The summed E-state index contributed by atoms with van der Waals surface area (Å²) >= 11 is 0. The third-order valence-corrected chi connectivity index (χ3v) is 4.85. The average Bonchev–Trinajstić information content (AvgIpc) is 2.90. The first kappa shape index (κ1) is 19.5. The van der Waals surface area contributed by atoms with Crippen molar-refractivity contribution in [3.8, 4) is 0 Å². The summed E-state index contributed by atoms with van der Waals surface area (Å²) in [4.78, 5) is 24.6. The maximum Gasteiger partial charge on any atom is 0.269 e. The topological polar surface area (TPSA) is 87.5 Å². The molecule has 1 aromatic carbocycles. The molecule has 2 aliphatic rings. The highest BCUT2D eigenvalue weighted by Gasteiger charge is 2.30. The molecule has 7 nitrogen and oxygen atoms in total. The summed E-state index contributed by atoms with van der Waals surface area (Å²) in [6.45, 7) is 2.38. The van der Waals surface area contributed by atoms with E-state index in [0.29, 0.717) is 25.0 Å². The molecule has 3 rings (SSSR count). The zero-order chi connectivity index (χ0) is 16.9. The molecule has 0 radical (unpaired) electrons. The SMILES string of the molecule is Cl.O=C(CCCNc1ccc([N+](=O)[O-])cc1)N1CCC2CCC(C1)N2. The van der Waals surface area contributed by atoms with Crippen LogP contribution in [-0.4, -0.2) is 47.4 Å². The van der Waals surface area contributed by atoms with Crippen LogP contribution in [0.25, 0.3) is 0 Å². The number of likely N-dealkylation sites (tertiary alicyclic amines) is 1. The van der Waals surface area contributed by atoms with E-state index in [4.69, 9.17) is 0 Å². The Morgan fingerprint density at radius 1 is 1.24 bits per heavy atom. The van der Waals surface area contributed by atoms with Crippen LogP contribution in [0.2, 0.25) is 0 Å². The van der Waals surface area contributed by atoms with Crippen molar-refractivity contribution in [3.05, 3.63) is 34.4 Å². The molecule has 2 saturated heterocycles. The summed E-state index contributed by atoms with van der Waals surface area (Å²) in [6, 6.07) is 7.41. The quantitative estimate of drug-likeness (QED) is 0.457. The molecule has 2 N–H and O–H groups in total. The molecule has 1 amide bonds. The van der Waals surface area contributed by atoms with Gasteiger partial charge >= 0.3 is 0 Å². The number of anilines is 1. The second-order valence-electron chi connectivity index (χ2n) is 6.60. The minimum absolute atomic E-state index is 0. The Balaban J connectivity index is 0.00000225. The standard InChI is InChI=1S/C17H24N4O3.ClH/c22-17(20-11-9-14-3-4-15(12-20)19-14)2-1-10-18-13-5-7-16(8-6-13)21(23)24;/h5-8,14-15,18-19H,1-4,9-12H2;1H. The van der Waals surface area contributed by atoms with E-state index in [1.54, 1.807) is 12.1 Å². The van der Waals surface area contributed by atoms with Gasteiger partial charge in [-0.3, -0.25) is 14.9 Å². The molecular formula is C17H25ClN4O3. The van der Waals surface area contributed by atoms with Crippen molar-refractivity contribution >= 4 is 29.7 Å². The van der Waals surface area contributed by atoms with Gasteiger partial charge in [0.05, 0.1) is 4.92 Å². The minimum atomic E-state index is -0.412. The number of carbonyl (C=O) groups is 1. The number of nitrogens with zero attached hydrogens (tertiary/aromatic N) is 2. The number of nitro groups is 1. The van der Waals surface area contributed by atoms with E-state index in [1.165, 1.54) is 25.0 Å². The molecule has 2 unspecified atom stereocenters. The Bertz CT molecular complexity index is 596. The van der Waals surface area contributed by atoms with Gasteiger partial charge in [0.1, 0.15) is 0 Å². The van der Waals surface area contributed by atoms with E-state index in [9.17, 15) is 14.9 Å². The monoisotopic (exact) mass is 368 g/mol. The molecular weight excluding hydrogens is 344 g/mol. The number of rotatable bonds is 6. The van der Waals surface area contributed by atoms with Gasteiger partial charge in [0.15, 0.2) is 0 Å². The van der Waals surface area contributed by atoms with Gasteiger partial charge in [-0.2, -0.15) is 0 Å². The van der Waals surface area contributed by atoms with Gasteiger partial charge in [0.2, 0.25) is 5.91 Å². The van der Waals surface area contributed by atoms with Crippen LogP contribution in [0.1, 0.15) is 32.1 Å². The molecule has 138 valence electrons. The molecule has 2 atom stereocenters. The molecule has 2 fully saturated rings. The summed E-state index contributed by atoms with van der Waals surface area (Å²) in [7, 11) is 0. The Hall–Kier alpha value is -1.86. The zero-order valence-corrected chi connectivity index (χ0v) is 15.0. The largest absolute Gasteiger partial charge is 0.385 e. The third-order valence-electron chi connectivity index (χ3n) is 4.85. The van der Waals surface area contributed by atoms with Crippen LogP contribution in [0, 0.1) is 10.1 Å². The van der Waals surface area contributed by atoms with Gasteiger partial charge in [0.25, 0.3) is 5.69 Å². The van der Waals surface area contributed by atoms with Gasteiger partial charge < -0.3 is 15.5 Å². The number of fused-ring (bicyclic) bond motifs is 2. The molecule has 2 heterocycles. The van der Waals surface area contributed by atoms with Gasteiger partial charge in [-0.1, -0.05) is 0 Å². The maximum atomic E-state index is 12.4. The molecule has 0 spiro atoms. The zero-order valence-electron chi connectivity index (χ0n) is 14.1. The van der Waals surface area contributed by atoms with E-state index in [-0.39, 0.29) is 24.0 Å². The Labute approximate surface area is 153 Å². The lowest BCUT2D eigenvalue weighted by Gasteiger charge is -2.24.